The van der Waals surface area contributed by atoms with Gasteiger partial charge in [0.15, 0.2) is 11.6 Å². The van der Waals surface area contributed by atoms with Gasteiger partial charge in [0.05, 0.1) is 31.9 Å². The number of halogens is 2. The van der Waals surface area contributed by atoms with Gasteiger partial charge < -0.3 is 20.1 Å². The van der Waals surface area contributed by atoms with E-state index in [1.165, 1.54) is 4.90 Å². The maximum atomic E-state index is 13.8. The van der Waals surface area contributed by atoms with Crippen LogP contribution in [-0.4, -0.2) is 47.9 Å². The molecule has 1 aromatic rings. The van der Waals surface area contributed by atoms with Crippen molar-refractivity contribution in [2.75, 3.05) is 25.1 Å². The Kier molecular flexibility index (Phi) is 4.96. The summed E-state index contributed by atoms with van der Waals surface area (Å²) in [5, 5.41) is 11.3. The first kappa shape index (κ1) is 16.2. The van der Waals surface area contributed by atoms with Crippen LogP contribution in [0.5, 0.6) is 0 Å². The van der Waals surface area contributed by atoms with E-state index in [9.17, 15) is 13.6 Å². The average molecular weight is 310 g/mol. The Morgan fingerprint density at radius 3 is 2.73 bits per heavy atom. The lowest BCUT2D eigenvalue weighted by Gasteiger charge is -2.37. The van der Waals surface area contributed by atoms with Gasteiger partial charge in [0, 0.05) is 5.56 Å². The SMILES string of the molecule is C#Cc1cc(F)c(NC(=O)N2CC(CO)OCC2C)c(F)c1. The highest BCUT2D eigenvalue weighted by Gasteiger charge is 2.30. The van der Waals surface area contributed by atoms with E-state index in [0.717, 1.165) is 12.1 Å². The number of morpholine rings is 1. The van der Waals surface area contributed by atoms with E-state index in [-0.39, 0.29) is 31.4 Å². The highest BCUT2D eigenvalue weighted by molar-refractivity contribution is 5.90. The summed E-state index contributed by atoms with van der Waals surface area (Å²) in [6.45, 7) is 1.87. The van der Waals surface area contributed by atoms with Crippen molar-refractivity contribution >= 4 is 11.7 Å². The standard InChI is InChI=1S/C15H16F2N2O3/c1-3-10-4-12(16)14(13(17)5-10)18-15(21)19-6-11(7-20)22-8-9(19)2/h1,4-5,9,11,20H,6-8H2,2H3,(H,18,21). The van der Waals surface area contributed by atoms with Gasteiger partial charge in [-0.25, -0.2) is 13.6 Å². The lowest BCUT2D eigenvalue weighted by atomic mass is 10.2. The number of amides is 2. The van der Waals surface area contributed by atoms with Crippen molar-refractivity contribution in [1.82, 2.24) is 4.90 Å². The molecule has 0 aromatic heterocycles. The number of hydrogen-bond acceptors (Lipinski definition) is 3. The average Bonchev–Trinajstić information content (AvgIpc) is 2.50. The van der Waals surface area contributed by atoms with Crippen LogP contribution in [0.1, 0.15) is 12.5 Å². The number of nitrogens with one attached hydrogen (secondary N) is 1. The molecule has 5 nitrogen and oxygen atoms in total. The Bertz CT molecular complexity index is 592. The fraction of sp³-hybridized carbons (Fsp3) is 0.400. The molecule has 0 spiro atoms. The number of carbonyl (C=O) groups is 1. The number of benzene rings is 1. The Morgan fingerprint density at radius 2 is 2.18 bits per heavy atom. The third-order valence-corrected chi connectivity index (χ3v) is 3.41. The van der Waals surface area contributed by atoms with E-state index in [2.05, 4.69) is 11.2 Å². The third-order valence-electron chi connectivity index (χ3n) is 3.41. The molecule has 0 radical (unpaired) electrons. The summed E-state index contributed by atoms with van der Waals surface area (Å²) in [6.07, 6.45) is 4.57. The first-order valence-corrected chi connectivity index (χ1v) is 6.72. The number of aliphatic hydroxyl groups excluding tert-OH is 1. The molecule has 1 aliphatic heterocycles. The quantitative estimate of drug-likeness (QED) is 0.815. The molecule has 0 aliphatic carbocycles. The molecule has 2 atom stereocenters. The van der Waals surface area contributed by atoms with Crippen LogP contribution in [0, 0.1) is 24.0 Å². The largest absolute Gasteiger partial charge is 0.394 e. The van der Waals surface area contributed by atoms with E-state index < -0.39 is 29.5 Å². The fourth-order valence-electron chi connectivity index (χ4n) is 2.17. The molecule has 7 heteroatoms. The number of nitrogens with zero attached hydrogens (tertiary/aromatic N) is 1. The first-order valence-electron chi connectivity index (χ1n) is 6.72. The zero-order valence-corrected chi connectivity index (χ0v) is 12.0. The second-order valence-corrected chi connectivity index (χ2v) is 5.03. The number of aliphatic hydroxyl groups is 1. The normalized spacial score (nSPS) is 21.3. The summed E-state index contributed by atoms with van der Waals surface area (Å²) >= 11 is 0. The van der Waals surface area contributed by atoms with Gasteiger partial charge in [-0.1, -0.05) is 5.92 Å². The maximum absolute atomic E-state index is 13.8. The number of ether oxygens (including phenoxy) is 1. The van der Waals surface area contributed by atoms with Crippen LogP contribution in [0.4, 0.5) is 19.3 Å². The second-order valence-electron chi connectivity index (χ2n) is 5.03. The zero-order valence-electron chi connectivity index (χ0n) is 12.0. The highest BCUT2D eigenvalue weighted by Crippen LogP contribution is 2.22. The van der Waals surface area contributed by atoms with E-state index in [4.69, 9.17) is 16.3 Å². The molecule has 1 fully saturated rings. The van der Waals surface area contributed by atoms with Gasteiger partial charge >= 0.3 is 6.03 Å². The summed E-state index contributed by atoms with van der Waals surface area (Å²) in [5.41, 5.74) is -0.503. The molecule has 2 N–H and O–H groups in total. The molecule has 1 heterocycles. The van der Waals surface area contributed by atoms with Crippen molar-refractivity contribution in [1.29, 1.82) is 0 Å². The van der Waals surface area contributed by atoms with Gasteiger partial charge in [-0.2, -0.15) is 0 Å². The van der Waals surface area contributed by atoms with Gasteiger partial charge in [0.1, 0.15) is 5.69 Å². The molecule has 0 saturated carbocycles. The van der Waals surface area contributed by atoms with Gasteiger partial charge in [-0.15, -0.1) is 6.42 Å². The third kappa shape index (κ3) is 3.35. The Labute approximate surface area is 126 Å². The Balaban J connectivity index is 2.16. The van der Waals surface area contributed by atoms with Crippen molar-refractivity contribution in [2.45, 2.75) is 19.1 Å². The van der Waals surface area contributed by atoms with Crippen LogP contribution in [-0.2, 0) is 4.74 Å². The van der Waals surface area contributed by atoms with Crippen LogP contribution in [0.2, 0.25) is 0 Å². The molecule has 118 valence electrons. The monoisotopic (exact) mass is 310 g/mol. The van der Waals surface area contributed by atoms with Crippen LogP contribution < -0.4 is 5.32 Å². The van der Waals surface area contributed by atoms with Gasteiger partial charge in [0.2, 0.25) is 0 Å². The predicted molar refractivity (Wildman–Crippen MR) is 76.3 cm³/mol. The van der Waals surface area contributed by atoms with E-state index >= 15 is 0 Å². The van der Waals surface area contributed by atoms with Gasteiger partial charge in [0.25, 0.3) is 0 Å². The Morgan fingerprint density at radius 1 is 1.55 bits per heavy atom. The molecular formula is C15H16F2N2O3. The van der Waals surface area contributed by atoms with E-state index in [0.29, 0.717) is 0 Å². The minimum atomic E-state index is -0.944. The molecule has 22 heavy (non-hydrogen) atoms. The van der Waals surface area contributed by atoms with Crippen LogP contribution >= 0.6 is 0 Å². The molecule has 1 aliphatic rings. The zero-order chi connectivity index (χ0) is 16.3. The number of carbonyl (C=O) groups excluding carboxylic acids is 1. The van der Waals surface area contributed by atoms with Crippen LogP contribution in [0.3, 0.4) is 0 Å². The lowest BCUT2D eigenvalue weighted by molar-refractivity contribution is -0.0612. The molecule has 1 saturated heterocycles. The molecule has 2 unspecified atom stereocenters. The second kappa shape index (κ2) is 6.73. The van der Waals surface area contributed by atoms with E-state index in [1.807, 2.05) is 0 Å². The van der Waals surface area contributed by atoms with Crippen molar-refractivity contribution < 1.29 is 23.4 Å². The minimum Gasteiger partial charge on any atom is -0.394 e. The molecular weight excluding hydrogens is 294 g/mol. The summed E-state index contributed by atoms with van der Waals surface area (Å²) in [7, 11) is 0. The number of urea groups is 1. The molecule has 2 amide bonds. The van der Waals surface area contributed by atoms with E-state index in [1.54, 1.807) is 6.92 Å². The van der Waals surface area contributed by atoms with Crippen molar-refractivity contribution in [3.05, 3.63) is 29.3 Å². The van der Waals surface area contributed by atoms with Gasteiger partial charge in [-0.3, -0.25) is 0 Å². The van der Waals surface area contributed by atoms with Crippen LogP contribution in [0.15, 0.2) is 12.1 Å². The van der Waals surface area contributed by atoms with Crippen molar-refractivity contribution in [2.24, 2.45) is 0 Å². The number of anilines is 1. The minimum absolute atomic E-state index is 0.0492. The summed E-state index contributed by atoms with van der Waals surface area (Å²) in [4.78, 5) is 13.6. The number of hydrogen-bond donors (Lipinski definition) is 2. The predicted octanol–water partition coefficient (Wildman–Crippen LogP) is 1.56. The molecule has 1 aromatic carbocycles. The highest BCUT2D eigenvalue weighted by atomic mass is 19.1. The molecule has 2 rings (SSSR count). The molecule has 0 bridgehead atoms. The summed E-state index contributed by atoms with van der Waals surface area (Å²) in [6, 6.07) is 0.995. The van der Waals surface area contributed by atoms with Crippen molar-refractivity contribution in [3.63, 3.8) is 0 Å². The first-order chi connectivity index (χ1) is 10.5. The van der Waals surface area contributed by atoms with Crippen LogP contribution in [0.25, 0.3) is 0 Å². The maximum Gasteiger partial charge on any atom is 0.322 e. The lowest BCUT2D eigenvalue weighted by Crippen LogP contribution is -2.53. The van der Waals surface area contributed by atoms with Gasteiger partial charge in [-0.05, 0) is 19.1 Å². The smallest absolute Gasteiger partial charge is 0.322 e. The number of terminal acetylenes is 1. The summed E-state index contributed by atoms with van der Waals surface area (Å²) in [5.74, 6) is 0.238. The van der Waals surface area contributed by atoms with Crippen molar-refractivity contribution in [3.8, 4) is 12.3 Å². The fourth-order valence-corrected chi connectivity index (χ4v) is 2.17. The Hall–Kier alpha value is -2.17. The summed E-state index contributed by atoms with van der Waals surface area (Å²) < 4.78 is 33.0. The topological polar surface area (TPSA) is 61.8 Å². The number of rotatable bonds is 2.